The minimum Gasteiger partial charge on any atom is -0.355 e. The van der Waals surface area contributed by atoms with Crippen LogP contribution in [0.25, 0.3) is 0 Å². The van der Waals surface area contributed by atoms with E-state index in [0.717, 1.165) is 25.7 Å². The van der Waals surface area contributed by atoms with Crippen molar-refractivity contribution in [2.45, 2.75) is 123 Å². The Morgan fingerprint density at radius 1 is 0.893 bits per heavy atom. The highest BCUT2D eigenvalue weighted by molar-refractivity contribution is 6.23. The van der Waals surface area contributed by atoms with Gasteiger partial charge in [-0.05, 0) is 76.0 Å². The molecule has 1 saturated carbocycles. The van der Waals surface area contributed by atoms with Gasteiger partial charge in [0.2, 0.25) is 0 Å². The predicted molar refractivity (Wildman–Crippen MR) is 123 cm³/mol. The Bertz CT molecular complexity index is 385. The average molecular weight is 417 g/mol. The summed E-state index contributed by atoms with van der Waals surface area (Å²) < 4.78 is 12.0. The first-order chi connectivity index (χ1) is 13.2. The Balaban J connectivity index is 2.95. The van der Waals surface area contributed by atoms with Crippen LogP contribution in [-0.2, 0) is 9.47 Å². The Morgan fingerprint density at radius 2 is 1.43 bits per heavy atom. The maximum atomic E-state index is 7.32. The van der Waals surface area contributed by atoms with E-state index in [4.69, 9.17) is 21.1 Å². The summed E-state index contributed by atoms with van der Waals surface area (Å²) in [7, 11) is 1.81. The molecular weight excluding hydrogens is 368 g/mol. The van der Waals surface area contributed by atoms with Gasteiger partial charge in [0.1, 0.15) is 0 Å². The molecule has 1 aliphatic carbocycles. The Hall–Kier alpha value is 0.210. The van der Waals surface area contributed by atoms with E-state index in [0.29, 0.717) is 24.4 Å². The number of rotatable bonds is 14. The van der Waals surface area contributed by atoms with Crippen LogP contribution in [0, 0.1) is 23.2 Å². The first kappa shape index (κ1) is 26.2. The zero-order valence-corrected chi connectivity index (χ0v) is 20.7. The van der Waals surface area contributed by atoms with Crippen LogP contribution in [0.2, 0.25) is 0 Å². The van der Waals surface area contributed by atoms with Crippen LogP contribution in [0.5, 0.6) is 0 Å². The molecular formula is C25H49ClO2. The lowest BCUT2D eigenvalue weighted by atomic mass is 9.65. The summed E-state index contributed by atoms with van der Waals surface area (Å²) in [6, 6.07) is 0. The van der Waals surface area contributed by atoms with Gasteiger partial charge in [0.25, 0.3) is 0 Å². The summed E-state index contributed by atoms with van der Waals surface area (Å²) in [5.74, 6) is 2.09. The molecule has 0 spiro atoms. The van der Waals surface area contributed by atoms with Gasteiger partial charge in [-0.15, -0.1) is 11.6 Å². The van der Waals surface area contributed by atoms with Crippen LogP contribution in [0.15, 0.2) is 0 Å². The van der Waals surface area contributed by atoms with Crippen molar-refractivity contribution < 1.29 is 9.47 Å². The lowest BCUT2D eigenvalue weighted by Gasteiger charge is -2.46. The molecule has 2 nitrogen and oxygen atoms in total. The summed E-state index contributed by atoms with van der Waals surface area (Å²) in [5.41, 5.74) is 0.0426. The van der Waals surface area contributed by atoms with Crippen molar-refractivity contribution in [1.29, 1.82) is 0 Å². The summed E-state index contributed by atoms with van der Waals surface area (Å²) in [5, 5.41) is 0. The monoisotopic (exact) mass is 416 g/mol. The van der Waals surface area contributed by atoms with Gasteiger partial charge >= 0.3 is 0 Å². The second kappa shape index (κ2) is 12.8. The van der Waals surface area contributed by atoms with E-state index in [1.807, 2.05) is 7.11 Å². The topological polar surface area (TPSA) is 18.5 Å². The molecule has 2 atom stereocenters. The van der Waals surface area contributed by atoms with Crippen molar-refractivity contribution in [3.8, 4) is 0 Å². The SMILES string of the molecule is CCOC(OC)C(C)(CCC(Cl)(CCC(C)C)CCC(C)C)C1CCCCC1. The molecule has 0 aromatic rings. The molecule has 0 heterocycles. The van der Waals surface area contributed by atoms with Crippen LogP contribution in [0.3, 0.4) is 0 Å². The molecule has 2 unspecified atom stereocenters. The number of methoxy groups -OCH3 is 1. The fraction of sp³-hybridized carbons (Fsp3) is 1.00. The number of halogens is 1. The Labute approximate surface area is 181 Å². The normalized spacial score (nSPS) is 19.9. The highest BCUT2D eigenvalue weighted by Crippen LogP contribution is 2.48. The molecule has 0 N–H and O–H groups in total. The van der Waals surface area contributed by atoms with Crippen molar-refractivity contribution in [3.05, 3.63) is 0 Å². The van der Waals surface area contributed by atoms with E-state index in [1.54, 1.807) is 0 Å². The summed E-state index contributed by atoms with van der Waals surface area (Å²) >= 11 is 7.32. The van der Waals surface area contributed by atoms with Gasteiger partial charge in [0.05, 0.1) is 0 Å². The van der Waals surface area contributed by atoms with E-state index < -0.39 is 0 Å². The molecule has 1 fully saturated rings. The van der Waals surface area contributed by atoms with Crippen molar-refractivity contribution >= 4 is 11.6 Å². The third kappa shape index (κ3) is 8.52. The minimum absolute atomic E-state index is 0.0426. The fourth-order valence-electron chi connectivity index (χ4n) is 4.92. The number of alkyl halides is 1. The van der Waals surface area contributed by atoms with E-state index in [1.165, 1.54) is 44.9 Å². The lowest BCUT2D eigenvalue weighted by Crippen LogP contribution is -2.44. The average Bonchev–Trinajstić information content (AvgIpc) is 2.68. The van der Waals surface area contributed by atoms with Gasteiger partial charge in [-0.25, -0.2) is 0 Å². The van der Waals surface area contributed by atoms with E-state index in [-0.39, 0.29) is 16.6 Å². The molecule has 0 aromatic heterocycles. The summed E-state index contributed by atoms with van der Waals surface area (Å²) in [4.78, 5) is -0.0883. The maximum Gasteiger partial charge on any atom is 0.162 e. The van der Waals surface area contributed by atoms with Gasteiger partial charge < -0.3 is 9.47 Å². The molecule has 0 aromatic carbocycles. The van der Waals surface area contributed by atoms with Crippen molar-refractivity contribution in [2.24, 2.45) is 23.2 Å². The molecule has 0 radical (unpaired) electrons. The molecule has 0 amide bonds. The highest BCUT2D eigenvalue weighted by Gasteiger charge is 2.44. The van der Waals surface area contributed by atoms with Crippen molar-refractivity contribution in [2.75, 3.05) is 13.7 Å². The highest BCUT2D eigenvalue weighted by atomic mass is 35.5. The second-order valence-corrected chi connectivity index (χ2v) is 11.2. The largest absolute Gasteiger partial charge is 0.355 e. The minimum atomic E-state index is -0.128. The maximum absolute atomic E-state index is 7.32. The van der Waals surface area contributed by atoms with Crippen LogP contribution < -0.4 is 0 Å². The zero-order chi connectivity index (χ0) is 21.2. The third-order valence-electron chi connectivity index (χ3n) is 7.06. The zero-order valence-electron chi connectivity index (χ0n) is 20.0. The second-order valence-electron chi connectivity index (χ2n) is 10.4. The van der Waals surface area contributed by atoms with Gasteiger partial charge in [0.15, 0.2) is 6.29 Å². The number of hydrogen-bond donors (Lipinski definition) is 0. The van der Waals surface area contributed by atoms with E-state index >= 15 is 0 Å². The van der Waals surface area contributed by atoms with Gasteiger partial charge in [-0.2, -0.15) is 0 Å². The van der Waals surface area contributed by atoms with Gasteiger partial charge in [-0.3, -0.25) is 0 Å². The molecule has 0 saturated heterocycles. The van der Waals surface area contributed by atoms with E-state index in [2.05, 4.69) is 41.5 Å². The third-order valence-corrected chi connectivity index (χ3v) is 7.63. The molecule has 0 aliphatic heterocycles. The quantitative estimate of drug-likeness (QED) is 0.210. The van der Waals surface area contributed by atoms with Crippen LogP contribution in [0.4, 0.5) is 0 Å². The van der Waals surface area contributed by atoms with Crippen LogP contribution in [-0.4, -0.2) is 24.9 Å². The molecule has 0 bridgehead atoms. The molecule has 1 rings (SSSR count). The van der Waals surface area contributed by atoms with Crippen LogP contribution >= 0.6 is 11.6 Å². The smallest absolute Gasteiger partial charge is 0.162 e. The molecule has 3 heteroatoms. The van der Waals surface area contributed by atoms with Gasteiger partial charge in [-0.1, -0.05) is 53.9 Å². The first-order valence-electron chi connectivity index (χ1n) is 12.0. The number of hydrogen-bond acceptors (Lipinski definition) is 2. The molecule has 1 aliphatic rings. The summed E-state index contributed by atoms with van der Waals surface area (Å²) in [6.45, 7) is 14.4. The first-order valence-corrected chi connectivity index (χ1v) is 12.4. The van der Waals surface area contributed by atoms with Gasteiger partial charge in [0, 0.05) is 24.0 Å². The summed E-state index contributed by atoms with van der Waals surface area (Å²) in [6.07, 6.45) is 13.3. The van der Waals surface area contributed by atoms with Crippen molar-refractivity contribution in [1.82, 2.24) is 0 Å². The standard InChI is InChI=1S/C25H49ClO2/c1-8-28-23(27-7)24(6,22-12-10-9-11-13-22)18-19-25(26,16-14-20(2)3)17-15-21(4)5/h20-23H,8-19H2,1-7H3. The van der Waals surface area contributed by atoms with E-state index in [9.17, 15) is 0 Å². The fourth-order valence-corrected chi connectivity index (χ4v) is 5.23. The molecule has 168 valence electrons. The lowest BCUT2D eigenvalue weighted by molar-refractivity contribution is -0.209. The number of ether oxygens (including phenoxy) is 2. The Kier molecular flexibility index (Phi) is 12.0. The predicted octanol–water partition coefficient (Wildman–Crippen LogP) is 8.21. The Morgan fingerprint density at radius 3 is 1.86 bits per heavy atom. The van der Waals surface area contributed by atoms with Crippen LogP contribution in [0.1, 0.15) is 112 Å². The van der Waals surface area contributed by atoms with Crippen molar-refractivity contribution in [3.63, 3.8) is 0 Å². The molecule has 28 heavy (non-hydrogen) atoms.